The molecule has 5 nitrogen and oxygen atoms in total. The van der Waals surface area contributed by atoms with E-state index in [2.05, 4.69) is 5.32 Å². The second-order valence-electron chi connectivity index (χ2n) is 4.59. The lowest BCUT2D eigenvalue weighted by Crippen LogP contribution is -2.13. The van der Waals surface area contributed by atoms with Gasteiger partial charge in [0.1, 0.15) is 5.75 Å². The molecule has 0 aliphatic carbocycles. The minimum Gasteiger partial charge on any atom is -0.497 e. The Morgan fingerprint density at radius 2 is 1.50 bits per heavy atom. The number of nitrogens with one attached hydrogen (secondary N) is 1. The summed E-state index contributed by atoms with van der Waals surface area (Å²) in [6.07, 6.45) is 0. The van der Waals surface area contributed by atoms with E-state index >= 15 is 0 Å². The number of rotatable bonds is 7. The molecule has 2 rings (SSSR count). The maximum Gasteiger partial charge on any atom is 0.356 e. The molecule has 1 N–H and O–H groups in total. The van der Waals surface area contributed by atoms with E-state index in [9.17, 15) is 4.57 Å². The summed E-state index contributed by atoms with van der Waals surface area (Å²) in [6.45, 7) is 0. The highest BCUT2D eigenvalue weighted by molar-refractivity contribution is 7.54. The van der Waals surface area contributed by atoms with E-state index < -0.39 is 13.4 Å². The normalized spacial score (nSPS) is 12.7. The molecule has 0 fully saturated rings. The van der Waals surface area contributed by atoms with Crippen molar-refractivity contribution in [2.75, 3.05) is 26.6 Å². The van der Waals surface area contributed by atoms with Gasteiger partial charge in [0.15, 0.2) is 5.78 Å². The van der Waals surface area contributed by atoms with E-state index in [1.54, 1.807) is 7.11 Å². The molecule has 0 heterocycles. The molecule has 2 aromatic rings. The maximum absolute atomic E-state index is 12.9. The predicted molar refractivity (Wildman–Crippen MR) is 87.4 cm³/mol. The zero-order valence-corrected chi connectivity index (χ0v) is 13.7. The lowest BCUT2D eigenvalue weighted by Gasteiger charge is -2.26. The Bertz CT molecular complexity index is 622. The third kappa shape index (κ3) is 3.69. The van der Waals surface area contributed by atoms with Gasteiger partial charge in [-0.1, -0.05) is 30.3 Å². The lowest BCUT2D eigenvalue weighted by molar-refractivity contribution is 0.268. The average molecular weight is 321 g/mol. The van der Waals surface area contributed by atoms with Gasteiger partial charge >= 0.3 is 7.60 Å². The summed E-state index contributed by atoms with van der Waals surface area (Å²) in [4.78, 5) is 0. The molecular weight excluding hydrogens is 301 g/mol. The van der Waals surface area contributed by atoms with E-state index in [0.717, 1.165) is 17.0 Å². The number of ether oxygens (including phenoxy) is 1. The Morgan fingerprint density at radius 1 is 0.909 bits per heavy atom. The van der Waals surface area contributed by atoms with Crippen molar-refractivity contribution in [2.45, 2.75) is 5.78 Å². The Labute approximate surface area is 130 Å². The molecule has 0 saturated carbocycles. The monoisotopic (exact) mass is 321 g/mol. The van der Waals surface area contributed by atoms with Gasteiger partial charge in [0, 0.05) is 19.9 Å². The quantitative estimate of drug-likeness (QED) is 0.771. The van der Waals surface area contributed by atoms with Crippen molar-refractivity contribution in [1.82, 2.24) is 0 Å². The number of anilines is 1. The van der Waals surface area contributed by atoms with Crippen LogP contribution < -0.4 is 10.1 Å². The standard InChI is InChI=1S/C16H20NO4P/c1-19-15-11-9-13(10-12-15)16(22(18,20-2)21-3)17-14-7-5-4-6-8-14/h4-12,16-17H,1-3H3. The average Bonchev–Trinajstić information content (AvgIpc) is 2.60. The zero-order chi connectivity index (χ0) is 16.0. The van der Waals surface area contributed by atoms with Crippen molar-refractivity contribution < 1.29 is 18.3 Å². The topological polar surface area (TPSA) is 56.8 Å². The minimum atomic E-state index is -3.35. The fraction of sp³-hybridized carbons (Fsp3) is 0.250. The van der Waals surface area contributed by atoms with Crippen molar-refractivity contribution in [3.63, 3.8) is 0 Å². The second-order valence-corrected chi connectivity index (χ2v) is 6.92. The van der Waals surface area contributed by atoms with Crippen LogP contribution in [0.5, 0.6) is 5.75 Å². The summed E-state index contributed by atoms with van der Waals surface area (Å²) in [5.41, 5.74) is 1.62. The largest absolute Gasteiger partial charge is 0.497 e. The van der Waals surface area contributed by atoms with E-state index in [4.69, 9.17) is 13.8 Å². The van der Waals surface area contributed by atoms with E-state index in [-0.39, 0.29) is 0 Å². The molecule has 1 unspecified atom stereocenters. The minimum absolute atomic E-state index is 0.615. The SMILES string of the molecule is COc1ccc(C(Nc2ccccc2)P(=O)(OC)OC)cc1. The van der Waals surface area contributed by atoms with Crippen LogP contribution >= 0.6 is 7.60 Å². The second kappa shape index (κ2) is 7.45. The van der Waals surface area contributed by atoms with Gasteiger partial charge in [0.05, 0.1) is 7.11 Å². The fourth-order valence-corrected chi connectivity index (χ4v) is 3.52. The zero-order valence-electron chi connectivity index (χ0n) is 12.9. The first kappa shape index (κ1) is 16.6. The third-order valence-electron chi connectivity index (χ3n) is 3.33. The maximum atomic E-state index is 12.9. The highest BCUT2D eigenvalue weighted by Crippen LogP contribution is 2.59. The molecule has 0 spiro atoms. The third-order valence-corrected chi connectivity index (χ3v) is 5.41. The van der Waals surface area contributed by atoms with Crippen LogP contribution in [0.1, 0.15) is 11.3 Å². The molecule has 118 valence electrons. The van der Waals surface area contributed by atoms with Crippen LogP contribution in [-0.4, -0.2) is 21.3 Å². The first-order valence-corrected chi connectivity index (χ1v) is 8.41. The lowest BCUT2D eigenvalue weighted by atomic mass is 10.2. The molecule has 0 bridgehead atoms. The first-order chi connectivity index (χ1) is 10.6. The number of hydrogen-bond acceptors (Lipinski definition) is 5. The van der Waals surface area contributed by atoms with Gasteiger partial charge < -0.3 is 19.1 Å². The van der Waals surface area contributed by atoms with Gasteiger partial charge in [-0.3, -0.25) is 4.57 Å². The molecule has 0 amide bonds. The summed E-state index contributed by atoms with van der Waals surface area (Å²) in [5, 5.41) is 3.22. The van der Waals surface area contributed by atoms with Crippen molar-refractivity contribution >= 4 is 13.3 Å². The van der Waals surface area contributed by atoms with Crippen molar-refractivity contribution in [3.8, 4) is 5.75 Å². The van der Waals surface area contributed by atoms with Crippen molar-refractivity contribution in [1.29, 1.82) is 0 Å². The molecule has 2 aromatic carbocycles. The Balaban J connectivity index is 2.38. The van der Waals surface area contributed by atoms with E-state index in [0.29, 0.717) is 0 Å². The van der Waals surface area contributed by atoms with Crippen LogP contribution in [-0.2, 0) is 13.6 Å². The van der Waals surface area contributed by atoms with E-state index in [1.165, 1.54) is 14.2 Å². The van der Waals surface area contributed by atoms with Crippen molar-refractivity contribution in [3.05, 3.63) is 60.2 Å². The molecule has 0 aliphatic rings. The Hall–Kier alpha value is -1.81. The van der Waals surface area contributed by atoms with Gasteiger partial charge in [-0.05, 0) is 29.8 Å². The van der Waals surface area contributed by atoms with Crippen LogP contribution in [0.4, 0.5) is 5.69 Å². The Kier molecular flexibility index (Phi) is 5.61. The fourth-order valence-electron chi connectivity index (χ4n) is 2.11. The van der Waals surface area contributed by atoms with Crippen LogP contribution in [0.15, 0.2) is 54.6 Å². The first-order valence-electron chi connectivity index (χ1n) is 6.79. The molecule has 0 saturated heterocycles. The van der Waals surface area contributed by atoms with Gasteiger partial charge in [0.25, 0.3) is 0 Å². The number of benzene rings is 2. The molecular formula is C16H20NO4P. The number of methoxy groups -OCH3 is 1. The summed E-state index contributed by atoms with van der Waals surface area (Å²) < 4.78 is 28.4. The van der Waals surface area contributed by atoms with Crippen LogP contribution in [0.3, 0.4) is 0 Å². The smallest absolute Gasteiger partial charge is 0.356 e. The van der Waals surface area contributed by atoms with Crippen molar-refractivity contribution in [2.24, 2.45) is 0 Å². The van der Waals surface area contributed by atoms with Crippen LogP contribution in [0.25, 0.3) is 0 Å². The molecule has 6 heteroatoms. The van der Waals surface area contributed by atoms with Crippen LogP contribution in [0, 0.1) is 0 Å². The summed E-state index contributed by atoms with van der Waals surface area (Å²) in [7, 11) is 1.01. The molecule has 0 radical (unpaired) electrons. The highest BCUT2D eigenvalue weighted by atomic mass is 31.2. The molecule has 0 aliphatic heterocycles. The number of para-hydroxylation sites is 1. The molecule has 1 atom stereocenters. The summed E-state index contributed by atoms with van der Waals surface area (Å²) in [6, 6.07) is 16.8. The van der Waals surface area contributed by atoms with E-state index in [1.807, 2.05) is 54.6 Å². The Morgan fingerprint density at radius 3 is 2.00 bits per heavy atom. The highest BCUT2D eigenvalue weighted by Gasteiger charge is 2.35. The summed E-state index contributed by atoms with van der Waals surface area (Å²) in [5.74, 6) is 0.114. The van der Waals surface area contributed by atoms with Gasteiger partial charge in [-0.2, -0.15) is 0 Å². The molecule has 0 aromatic heterocycles. The number of hydrogen-bond donors (Lipinski definition) is 1. The van der Waals surface area contributed by atoms with Gasteiger partial charge in [0.2, 0.25) is 0 Å². The van der Waals surface area contributed by atoms with Gasteiger partial charge in [-0.25, -0.2) is 0 Å². The van der Waals surface area contributed by atoms with Crippen LogP contribution in [0.2, 0.25) is 0 Å². The molecule has 22 heavy (non-hydrogen) atoms. The predicted octanol–water partition coefficient (Wildman–Crippen LogP) is 4.29. The summed E-state index contributed by atoms with van der Waals surface area (Å²) >= 11 is 0. The van der Waals surface area contributed by atoms with Gasteiger partial charge in [-0.15, -0.1) is 0 Å².